The van der Waals surface area contributed by atoms with Gasteiger partial charge >= 0.3 is 0 Å². The number of benzene rings is 1. The number of rotatable bonds is 3. The molecule has 1 heterocycles. The Labute approximate surface area is 110 Å². The van der Waals surface area contributed by atoms with Crippen LogP contribution in [-0.2, 0) is 20.2 Å². The van der Waals surface area contributed by atoms with Gasteiger partial charge in [0.25, 0.3) is 0 Å². The summed E-state index contributed by atoms with van der Waals surface area (Å²) in [6, 6.07) is 6.35. The topological polar surface area (TPSA) is 43.4 Å². The summed E-state index contributed by atoms with van der Waals surface area (Å²) in [7, 11) is 1.80. The summed E-state index contributed by atoms with van der Waals surface area (Å²) in [6.45, 7) is 0.676. The van der Waals surface area contributed by atoms with E-state index in [2.05, 4.69) is 0 Å². The first-order valence-corrected chi connectivity index (χ1v) is 8.10. The predicted octanol–water partition coefficient (Wildman–Crippen LogP) is 2.34. The van der Waals surface area contributed by atoms with Gasteiger partial charge in [-0.2, -0.15) is 0 Å². The van der Waals surface area contributed by atoms with Crippen LogP contribution in [0.1, 0.15) is 12.0 Å². The molecule has 2 rings (SSSR count). The molecule has 3 nitrogen and oxygen atoms in total. The lowest BCUT2D eigenvalue weighted by molar-refractivity contribution is 0.0574. The molecule has 0 saturated carbocycles. The molecule has 0 bridgehead atoms. The first kappa shape index (κ1) is 13.8. The molecular formula is C12H14ClFO3S. The number of hydrogen-bond donors (Lipinski definition) is 0. The van der Waals surface area contributed by atoms with Crippen LogP contribution in [0, 0.1) is 11.7 Å². The van der Waals surface area contributed by atoms with Gasteiger partial charge in [-0.3, -0.25) is 0 Å². The van der Waals surface area contributed by atoms with Crippen LogP contribution in [0.5, 0.6) is 0 Å². The monoisotopic (exact) mass is 292 g/mol. The molecule has 0 radical (unpaired) electrons. The van der Waals surface area contributed by atoms with E-state index in [-0.39, 0.29) is 11.7 Å². The van der Waals surface area contributed by atoms with Crippen molar-refractivity contribution in [1.82, 2.24) is 0 Å². The fraction of sp³-hybridized carbons (Fsp3) is 0.500. The molecule has 0 aliphatic carbocycles. The Bertz CT molecular complexity index is 518. The first-order valence-electron chi connectivity index (χ1n) is 5.73. The molecule has 18 heavy (non-hydrogen) atoms. The van der Waals surface area contributed by atoms with E-state index in [1.165, 1.54) is 6.07 Å². The lowest BCUT2D eigenvalue weighted by Crippen LogP contribution is -2.37. The SMILES string of the molecule is O=S(=O)(Cl)[C@H]1CCOC[C@H]1Cc1ccccc1F. The Morgan fingerprint density at radius 1 is 1.39 bits per heavy atom. The maximum absolute atomic E-state index is 13.5. The Morgan fingerprint density at radius 3 is 2.78 bits per heavy atom. The molecule has 0 amide bonds. The third-order valence-electron chi connectivity index (χ3n) is 3.21. The van der Waals surface area contributed by atoms with E-state index in [0.29, 0.717) is 31.6 Å². The van der Waals surface area contributed by atoms with Gasteiger partial charge in [0.1, 0.15) is 5.82 Å². The minimum absolute atomic E-state index is 0.293. The van der Waals surface area contributed by atoms with Gasteiger partial charge in [0, 0.05) is 23.2 Å². The standard InChI is InChI=1S/C12H14ClFO3S/c13-18(15,16)12-5-6-17-8-10(12)7-9-3-1-2-4-11(9)14/h1-4,10,12H,5-8H2/t10-,12+/m1/s1. The van der Waals surface area contributed by atoms with Gasteiger partial charge in [-0.25, -0.2) is 12.8 Å². The summed E-state index contributed by atoms with van der Waals surface area (Å²) < 4.78 is 41.8. The molecule has 0 aromatic heterocycles. The van der Waals surface area contributed by atoms with Crippen molar-refractivity contribution in [3.63, 3.8) is 0 Å². The molecule has 1 aromatic rings. The van der Waals surface area contributed by atoms with Crippen LogP contribution in [0.15, 0.2) is 24.3 Å². The Balaban J connectivity index is 2.18. The van der Waals surface area contributed by atoms with Gasteiger partial charge in [-0.1, -0.05) is 18.2 Å². The molecule has 2 atom stereocenters. The van der Waals surface area contributed by atoms with Gasteiger partial charge in [0.05, 0.1) is 11.9 Å². The fourth-order valence-electron chi connectivity index (χ4n) is 2.28. The highest BCUT2D eigenvalue weighted by atomic mass is 35.7. The van der Waals surface area contributed by atoms with Gasteiger partial charge < -0.3 is 4.74 Å². The third kappa shape index (κ3) is 3.22. The lowest BCUT2D eigenvalue weighted by atomic mass is 9.93. The summed E-state index contributed by atoms with van der Waals surface area (Å²) in [5.74, 6) is -0.619. The van der Waals surface area contributed by atoms with E-state index in [1.807, 2.05) is 0 Å². The highest BCUT2D eigenvalue weighted by molar-refractivity contribution is 8.14. The number of halogens is 2. The lowest BCUT2D eigenvalue weighted by Gasteiger charge is -2.29. The Hall–Kier alpha value is -0.650. The van der Waals surface area contributed by atoms with Crippen LogP contribution in [0.4, 0.5) is 4.39 Å². The average Bonchev–Trinajstić information content (AvgIpc) is 2.31. The Morgan fingerprint density at radius 2 is 2.11 bits per heavy atom. The molecule has 6 heteroatoms. The van der Waals surface area contributed by atoms with Gasteiger partial charge in [-0.05, 0) is 24.5 Å². The van der Waals surface area contributed by atoms with Gasteiger partial charge in [0.15, 0.2) is 0 Å². The zero-order valence-electron chi connectivity index (χ0n) is 9.68. The molecule has 0 N–H and O–H groups in total. The summed E-state index contributed by atoms with van der Waals surface area (Å²) in [5, 5.41) is -0.660. The quantitative estimate of drug-likeness (QED) is 0.803. The van der Waals surface area contributed by atoms with Crippen LogP contribution >= 0.6 is 10.7 Å². The van der Waals surface area contributed by atoms with E-state index >= 15 is 0 Å². The van der Waals surface area contributed by atoms with Gasteiger partial charge in [-0.15, -0.1) is 0 Å². The van der Waals surface area contributed by atoms with Gasteiger partial charge in [0.2, 0.25) is 9.05 Å². The molecule has 1 aliphatic rings. The van der Waals surface area contributed by atoms with E-state index in [4.69, 9.17) is 15.4 Å². The fourth-order valence-corrected chi connectivity index (χ4v) is 4.00. The van der Waals surface area contributed by atoms with Crippen molar-refractivity contribution < 1.29 is 17.5 Å². The second kappa shape index (κ2) is 5.55. The van der Waals surface area contributed by atoms with Crippen molar-refractivity contribution >= 4 is 19.7 Å². The number of hydrogen-bond acceptors (Lipinski definition) is 3. The molecule has 0 unspecified atom stereocenters. The maximum Gasteiger partial charge on any atom is 0.235 e. The molecule has 1 aliphatic heterocycles. The molecule has 1 saturated heterocycles. The van der Waals surface area contributed by atoms with E-state index < -0.39 is 14.3 Å². The molecule has 0 spiro atoms. The smallest absolute Gasteiger partial charge is 0.235 e. The normalized spacial score (nSPS) is 25.0. The van der Waals surface area contributed by atoms with Crippen molar-refractivity contribution in [1.29, 1.82) is 0 Å². The summed E-state index contributed by atoms with van der Waals surface area (Å²) >= 11 is 0. The molecular weight excluding hydrogens is 279 g/mol. The highest BCUT2D eigenvalue weighted by Crippen LogP contribution is 2.28. The van der Waals surface area contributed by atoms with Crippen LogP contribution in [0.2, 0.25) is 0 Å². The van der Waals surface area contributed by atoms with Crippen LogP contribution in [0.3, 0.4) is 0 Å². The summed E-state index contributed by atoms with van der Waals surface area (Å²) in [5.41, 5.74) is 0.498. The zero-order chi connectivity index (χ0) is 13.2. The first-order chi connectivity index (χ1) is 8.48. The minimum atomic E-state index is -3.64. The largest absolute Gasteiger partial charge is 0.381 e. The second-order valence-corrected chi connectivity index (χ2v) is 7.28. The maximum atomic E-state index is 13.5. The molecule has 1 fully saturated rings. The van der Waals surface area contributed by atoms with Crippen molar-refractivity contribution in [3.05, 3.63) is 35.6 Å². The van der Waals surface area contributed by atoms with Crippen molar-refractivity contribution in [2.75, 3.05) is 13.2 Å². The van der Waals surface area contributed by atoms with E-state index in [9.17, 15) is 12.8 Å². The van der Waals surface area contributed by atoms with E-state index in [1.54, 1.807) is 18.2 Å². The van der Waals surface area contributed by atoms with Crippen LogP contribution in [-0.4, -0.2) is 26.9 Å². The number of ether oxygens (including phenoxy) is 1. The van der Waals surface area contributed by atoms with Crippen molar-refractivity contribution in [2.45, 2.75) is 18.1 Å². The third-order valence-corrected chi connectivity index (χ3v) is 5.24. The van der Waals surface area contributed by atoms with Crippen molar-refractivity contribution in [2.24, 2.45) is 5.92 Å². The average molecular weight is 293 g/mol. The highest BCUT2D eigenvalue weighted by Gasteiger charge is 2.35. The minimum Gasteiger partial charge on any atom is -0.381 e. The second-order valence-electron chi connectivity index (χ2n) is 4.43. The van der Waals surface area contributed by atoms with E-state index in [0.717, 1.165) is 0 Å². The Kier molecular flexibility index (Phi) is 4.25. The van der Waals surface area contributed by atoms with Crippen molar-refractivity contribution in [3.8, 4) is 0 Å². The molecule has 1 aromatic carbocycles. The zero-order valence-corrected chi connectivity index (χ0v) is 11.3. The predicted molar refractivity (Wildman–Crippen MR) is 67.6 cm³/mol. The van der Waals surface area contributed by atoms with Crippen LogP contribution in [0.25, 0.3) is 0 Å². The summed E-state index contributed by atoms with van der Waals surface area (Å²) in [6.07, 6.45) is 0.689. The summed E-state index contributed by atoms with van der Waals surface area (Å²) in [4.78, 5) is 0. The van der Waals surface area contributed by atoms with Crippen LogP contribution < -0.4 is 0 Å². The molecule has 100 valence electrons.